The van der Waals surface area contributed by atoms with Crippen molar-refractivity contribution >= 4 is 41.1 Å². The van der Waals surface area contributed by atoms with Crippen LogP contribution >= 0.6 is 23.4 Å². The van der Waals surface area contributed by atoms with Gasteiger partial charge in [0.15, 0.2) is 0 Å². The molecular weight excluding hydrogens is 340 g/mol. The topological polar surface area (TPSA) is 86.7 Å². The highest BCUT2D eigenvalue weighted by Crippen LogP contribution is 2.41. The minimum absolute atomic E-state index is 0.140. The van der Waals surface area contributed by atoms with Gasteiger partial charge in [-0.25, -0.2) is 4.79 Å². The average Bonchev–Trinajstić information content (AvgIpc) is 2.53. The van der Waals surface area contributed by atoms with E-state index in [1.54, 1.807) is 0 Å². The first kappa shape index (κ1) is 15.9. The van der Waals surface area contributed by atoms with Crippen LogP contribution in [-0.4, -0.2) is 45.0 Å². The first-order valence-corrected chi connectivity index (χ1v) is 8.31. The zero-order chi connectivity index (χ0) is 16.6. The van der Waals surface area contributed by atoms with Crippen LogP contribution in [0, 0.1) is 0 Å². The largest absolute Gasteiger partial charge is 0.477 e. The second-order valence-electron chi connectivity index (χ2n) is 5.18. The third-order valence-electron chi connectivity index (χ3n) is 3.65. The van der Waals surface area contributed by atoms with Crippen LogP contribution in [0.4, 0.5) is 0 Å². The SMILES string of the molecule is O=C(Cc1ccccc1)N[C@@H]1C(=O)N2C(C(=O)O)=C(Cl)CS[C@@H]12. The maximum Gasteiger partial charge on any atom is 0.353 e. The van der Waals surface area contributed by atoms with Crippen LogP contribution in [0.3, 0.4) is 0 Å². The fourth-order valence-corrected chi connectivity index (χ4v) is 4.14. The molecule has 0 aromatic heterocycles. The molecular formula is C15H13ClN2O4S. The lowest BCUT2D eigenvalue weighted by Gasteiger charge is -2.48. The summed E-state index contributed by atoms with van der Waals surface area (Å²) in [6.45, 7) is 0. The monoisotopic (exact) mass is 352 g/mol. The molecule has 0 saturated carbocycles. The van der Waals surface area contributed by atoms with Crippen molar-refractivity contribution in [2.75, 3.05) is 5.75 Å². The lowest BCUT2D eigenvalue weighted by Crippen LogP contribution is -2.70. The first-order chi connectivity index (χ1) is 11.0. The molecule has 0 bridgehead atoms. The smallest absolute Gasteiger partial charge is 0.353 e. The Kier molecular flexibility index (Phi) is 4.32. The van der Waals surface area contributed by atoms with Gasteiger partial charge in [-0.05, 0) is 5.56 Å². The van der Waals surface area contributed by atoms with Crippen LogP contribution in [0.15, 0.2) is 41.1 Å². The fourth-order valence-electron chi connectivity index (χ4n) is 2.59. The number of carbonyl (C=O) groups is 3. The zero-order valence-corrected chi connectivity index (χ0v) is 13.4. The van der Waals surface area contributed by atoms with Crippen molar-refractivity contribution < 1.29 is 19.5 Å². The Morgan fingerprint density at radius 1 is 1.35 bits per heavy atom. The number of carbonyl (C=O) groups excluding carboxylic acids is 2. The van der Waals surface area contributed by atoms with Crippen molar-refractivity contribution in [3.8, 4) is 0 Å². The van der Waals surface area contributed by atoms with E-state index in [1.165, 1.54) is 11.8 Å². The van der Waals surface area contributed by atoms with Crippen molar-refractivity contribution in [2.24, 2.45) is 0 Å². The molecule has 2 N–H and O–H groups in total. The van der Waals surface area contributed by atoms with E-state index in [0.29, 0.717) is 5.75 Å². The molecule has 120 valence electrons. The highest BCUT2D eigenvalue weighted by Gasteiger charge is 2.54. The van der Waals surface area contributed by atoms with Crippen LogP contribution in [0.5, 0.6) is 0 Å². The Morgan fingerprint density at radius 3 is 2.70 bits per heavy atom. The van der Waals surface area contributed by atoms with Crippen LogP contribution < -0.4 is 5.32 Å². The molecule has 6 nitrogen and oxygen atoms in total. The number of hydrogen-bond acceptors (Lipinski definition) is 4. The van der Waals surface area contributed by atoms with Gasteiger partial charge in [0, 0.05) is 5.75 Å². The van der Waals surface area contributed by atoms with E-state index in [4.69, 9.17) is 11.6 Å². The van der Waals surface area contributed by atoms with Crippen LogP contribution in [0.2, 0.25) is 0 Å². The summed E-state index contributed by atoms with van der Waals surface area (Å²) in [6.07, 6.45) is 0.171. The number of benzene rings is 1. The summed E-state index contributed by atoms with van der Waals surface area (Å²) in [6, 6.07) is 8.47. The number of β-lactam (4-membered cyclic amide) rings is 1. The second-order valence-corrected chi connectivity index (χ2v) is 6.74. The van der Waals surface area contributed by atoms with Crippen molar-refractivity contribution in [1.82, 2.24) is 10.2 Å². The Hall–Kier alpha value is -1.99. The predicted octanol–water partition coefficient (Wildman–Crippen LogP) is 1.16. The molecule has 0 radical (unpaired) electrons. The Labute approximate surface area is 141 Å². The molecule has 2 atom stereocenters. The number of carboxylic acids is 1. The van der Waals surface area contributed by atoms with E-state index in [0.717, 1.165) is 10.5 Å². The lowest BCUT2D eigenvalue weighted by atomic mass is 10.0. The van der Waals surface area contributed by atoms with Gasteiger partial charge in [0.25, 0.3) is 5.91 Å². The van der Waals surface area contributed by atoms with Crippen LogP contribution in [0.25, 0.3) is 0 Å². The number of nitrogens with zero attached hydrogens (tertiary/aromatic N) is 1. The van der Waals surface area contributed by atoms with E-state index >= 15 is 0 Å². The van der Waals surface area contributed by atoms with Gasteiger partial charge >= 0.3 is 5.97 Å². The van der Waals surface area contributed by atoms with Gasteiger partial charge in [0.2, 0.25) is 5.91 Å². The molecule has 23 heavy (non-hydrogen) atoms. The number of amides is 2. The van der Waals surface area contributed by atoms with Crippen LogP contribution in [0.1, 0.15) is 5.56 Å². The molecule has 1 saturated heterocycles. The summed E-state index contributed by atoms with van der Waals surface area (Å²) in [5.41, 5.74) is 0.660. The molecule has 1 aromatic carbocycles. The standard InChI is InChI=1S/C15H13ClN2O4S/c16-9-7-23-14-11(13(20)18(14)12(9)15(21)22)17-10(19)6-8-4-2-1-3-5-8/h1-5,11,14H,6-7H2,(H,17,19)(H,21,22)/t11-,14+/m1/s1. The fraction of sp³-hybridized carbons (Fsp3) is 0.267. The molecule has 0 aliphatic carbocycles. The third-order valence-corrected chi connectivity index (χ3v) is 5.40. The molecule has 2 aliphatic rings. The first-order valence-electron chi connectivity index (χ1n) is 6.89. The zero-order valence-electron chi connectivity index (χ0n) is 11.9. The van der Waals surface area contributed by atoms with Gasteiger partial charge in [-0.3, -0.25) is 14.5 Å². The molecule has 2 heterocycles. The minimum atomic E-state index is -1.23. The summed E-state index contributed by atoms with van der Waals surface area (Å²) in [7, 11) is 0. The van der Waals surface area contributed by atoms with Crippen molar-refractivity contribution in [3.63, 3.8) is 0 Å². The molecule has 2 amide bonds. The predicted molar refractivity (Wildman–Crippen MR) is 85.7 cm³/mol. The molecule has 1 aromatic rings. The summed E-state index contributed by atoms with van der Waals surface area (Å²) < 4.78 is 0. The van der Waals surface area contributed by atoms with Crippen molar-refractivity contribution in [3.05, 3.63) is 46.6 Å². The molecule has 2 aliphatic heterocycles. The Bertz CT molecular complexity index is 707. The number of carboxylic acid groups (broad SMARTS) is 1. The number of fused-ring (bicyclic) bond motifs is 1. The number of rotatable bonds is 4. The molecule has 3 rings (SSSR count). The van der Waals surface area contributed by atoms with E-state index < -0.39 is 23.3 Å². The number of halogens is 1. The molecule has 0 spiro atoms. The number of hydrogen-bond donors (Lipinski definition) is 2. The molecule has 8 heteroatoms. The van der Waals surface area contributed by atoms with Crippen LogP contribution in [-0.2, 0) is 20.8 Å². The average molecular weight is 353 g/mol. The van der Waals surface area contributed by atoms with Gasteiger partial charge in [-0.2, -0.15) is 0 Å². The quantitative estimate of drug-likeness (QED) is 0.794. The van der Waals surface area contributed by atoms with Crippen molar-refractivity contribution in [1.29, 1.82) is 0 Å². The van der Waals surface area contributed by atoms with Gasteiger partial charge in [0.05, 0.1) is 11.5 Å². The summed E-state index contributed by atoms with van der Waals surface area (Å²) in [5, 5.41) is 11.6. The van der Waals surface area contributed by atoms with E-state index in [2.05, 4.69) is 5.32 Å². The van der Waals surface area contributed by atoms with Gasteiger partial charge < -0.3 is 10.4 Å². The minimum Gasteiger partial charge on any atom is -0.477 e. The van der Waals surface area contributed by atoms with Crippen molar-refractivity contribution in [2.45, 2.75) is 17.8 Å². The summed E-state index contributed by atoms with van der Waals surface area (Å²) >= 11 is 7.23. The summed E-state index contributed by atoms with van der Waals surface area (Å²) in [4.78, 5) is 36.6. The highest BCUT2D eigenvalue weighted by molar-refractivity contribution is 8.00. The third kappa shape index (κ3) is 2.94. The maximum absolute atomic E-state index is 12.2. The number of thioether (sulfide) groups is 1. The van der Waals surface area contributed by atoms with Gasteiger partial charge in [-0.1, -0.05) is 41.9 Å². The van der Waals surface area contributed by atoms with E-state index in [9.17, 15) is 19.5 Å². The lowest BCUT2D eigenvalue weighted by molar-refractivity contribution is -0.150. The number of aliphatic carboxylic acids is 1. The Balaban J connectivity index is 1.67. The normalized spacial score (nSPS) is 23.2. The van der Waals surface area contributed by atoms with E-state index in [1.807, 2.05) is 30.3 Å². The van der Waals surface area contributed by atoms with Gasteiger partial charge in [0.1, 0.15) is 17.1 Å². The maximum atomic E-state index is 12.2. The molecule has 0 unspecified atom stereocenters. The second kappa shape index (κ2) is 6.25. The van der Waals surface area contributed by atoms with Gasteiger partial charge in [-0.15, -0.1) is 11.8 Å². The number of nitrogens with one attached hydrogen (secondary N) is 1. The highest BCUT2D eigenvalue weighted by atomic mass is 35.5. The Morgan fingerprint density at radius 2 is 2.04 bits per heavy atom. The summed E-state index contributed by atoms with van der Waals surface area (Å²) in [5.74, 6) is -1.64. The van der Waals surface area contributed by atoms with E-state index in [-0.39, 0.29) is 23.1 Å². The molecule has 1 fully saturated rings.